The Kier molecular flexibility index (Phi) is 5.67. The molecule has 5 N–H and O–H groups in total. The zero-order valence-corrected chi connectivity index (χ0v) is 12.6. The van der Waals surface area contributed by atoms with Gasteiger partial charge in [-0.2, -0.15) is 0 Å². The minimum Gasteiger partial charge on any atom is -0.481 e. The molecule has 5 nitrogen and oxygen atoms in total. The quantitative estimate of drug-likeness (QED) is 0.463. The molecule has 0 aromatic heterocycles. The Morgan fingerprint density at radius 3 is 2.09 bits per heavy atom. The molecule has 0 spiro atoms. The Balaban J connectivity index is 2.57. The zero-order chi connectivity index (χ0) is 20.0. The number of aliphatic carboxylic acids is 1. The minimum absolute atomic E-state index is 0.177. The van der Waals surface area contributed by atoms with Crippen LogP contribution < -0.4 is 5.73 Å². The molecule has 0 aliphatic rings. The summed E-state index contributed by atoms with van der Waals surface area (Å²) < 4.78 is 29.4. The Labute approximate surface area is 137 Å². The van der Waals surface area contributed by atoms with Crippen LogP contribution in [0.3, 0.4) is 0 Å². The van der Waals surface area contributed by atoms with E-state index in [9.17, 15) is 15.0 Å². The van der Waals surface area contributed by atoms with E-state index >= 15 is 0 Å². The normalized spacial score (nSPS) is 15.6. The molecule has 22 heavy (non-hydrogen) atoms. The minimum atomic E-state index is -3.08. The van der Waals surface area contributed by atoms with Crippen LogP contribution in [0.25, 0.3) is 0 Å². The van der Waals surface area contributed by atoms with Crippen LogP contribution in [0.4, 0.5) is 0 Å². The highest BCUT2D eigenvalue weighted by atomic mass is 16.4. The van der Waals surface area contributed by atoms with Crippen LogP contribution in [-0.2, 0) is 17.6 Å². The molecule has 0 fully saturated rings. The molecule has 0 bridgehead atoms. The van der Waals surface area contributed by atoms with E-state index in [4.69, 9.17) is 16.3 Å². The SMILES string of the molecule is [2H]C([2H])(O)C(N)(CCc1ccc(CCCCCC(=O)O)cc1)C([2H])([2H])O. The summed E-state index contributed by atoms with van der Waals surface area (Å²) in [7, 11) is 0. The average Bonchev–Trinajstić information content (AvgIpc) is 2.51. The first kappa shape index (κ1) is 13.0. The first-order valence-corrected chi connectivity index (χ1v) is 7.40. The van der Waals surface area contributed by atoms with Gasteiger partial charge < -0.3 is 21.1 Å². The van der Waals surface area contributed by atoms with Crippen molar-refractivity contribution in [1.29, 1.82) is 0 Å². The van der Waals surface area contributed by atoms with Crippen LogP contribution in [0.15, 0.2) is 24.3 Å². The fourth-order valence-electron chi connectivity index (χ4n) is 2.13. The van der Waals surface area contributed by atoms with Gasteiger partial charge in [0, 0.05) is 6.42 Å². The van der Waals surface area contributed by atoms with Crippen molar-refractivity contribution in [2.24, 2.45) is 5.73 Å². The van der Waals surface area contributed by atoms with E-state index in [-0.39, 0.29) is 19.3 Å². The Morgan fingerprint density at radius 1 is 1.05 bits per heavy atom. The van der Waals surface area contributed by atoms with Crippen molar-refractivity contribution < 1.29 is 25.6 Å². The molecule has 0 atom stereocenters. The lowest BCUT2D eigenvalue weighted by atomic mass is 9.93. The van der Waals surface area contributed by atoms with Gasteiger partial charge in [0.2, 0.25) is 0 Å². The smallest absolute Gasteiger partial charge is 0.303 e. The highest BCUT2D eigenvalue weighted by Crippen LogP contribution is 2.14. The van der Waals surface area contributed by atoms with Gasteiger partial charge in [0.25, 0.3) is 0 Å². The molecule has 1 aromatic carbocycles. The fraction of sp³-hybridized carbons (Fsp3) is 0.588. The molecule has 0 aliphatic heterocycles. The summed E-state index contributed by atoms with van der Waals surface area (Å²) in [6.07, 6.45) is 3.27. The Bertz CT molecular complexity index is 568. The molecule has 0 heterocycles. The molecule has 5 heteroatoms. The van der Waals surface area contributed by atoms with Crippen molar-refractivity contribution in [3.8, 4) is 0 Å². The third-order valence-electron chi connectivity index (χ3n) is 3.59. The lowest BCUT2D eigenvalue weighted by molar-refractivity contribution is -0.137. The van der Waals surface area contributed by atoms with Gasteiger partial charge in [-0.05, 0) is 43.2 Å². The highest BCUT2D eigenvalue weighted by Gasteiger charge is 2.22. The molecule has 0 saturated carbocycles. The number of hydrogen-bond donors (Lipinski definition) is 4. The Morgan fingerprint density at radius 2 is 1.59 bits per heavy atom. The maximum atomic E-state index is 10.4. The van der Waals surface area contributed by atoms with Crippen LogP contribution in [-0.4, -0.2) is 39.9 Å². The molecule has 1 aromatic rings. The number of hydrogen-bond acceptors (Lipinski definition) is 4. The lowest BCUT2D eigenvalue weighted by Crippen LogP contribution is -2.47. The second kappa shape index (κ2) is 9.56. The molecule has 124 valence electrons. The first-order chi connectivity index (χ1) is 11.9. The summed E-state index contributed by atoms with van der Waals surface area (Å²) in [6, 6.07) is 7.41. The third-order valence-corrected chi connectivity index (χ3v) is 3.59. The van der Waals surface area contributed by atoms with E-state index in [1.807, 2.05) is 24.3 Å². The number of rotatable bonds is 11. The molecule has 0 unspecified atom stereocenters. The predicted molar refractivity (Wildman–Crippen MR) is 85.7 cm³/mol. The maximum absolute atomic E-state index is 10.4. The monoisotopic (exact) mass is 313 g/mol. The number of benzene rings is 1. The largest absolute Gasteiger partial charge is 0.481 e. The van der Waals surface area contributed by atoms with Crippen LogP contribution in [0.5, 0.6) is 0 Å². The van der Waals surface area contributed by atoms with Gasteiger partial charge in [-0.1, -0.05) is 30.7 Å². The van der Waals surface area contributed by atoms with Gasteiger partial charge in [0.1, 0.15) is 0 Å². The van der Waals surface area contributed by atoms with Crippen molar-refractivity contribution in [2.45, 2.75) is 50.5 Å². The van der Waals surface area contributed by atoms with Gasteiger partial charge in [0.15, 0.2) is 0 Å². The first-order valence-electron chi connectivity index (χ1n) is 9.40. The van der Waals surface area contributed by atoms with Crippen LogP contribution >= 0.6 is 0 Å². The molecule has 0 radical (unpaired) electrons. The summed E-state index contributed by atoms with van der Waals surface area (Å²) in [5, 5.41) is 27.7. The van der Waals surface area contributed by atoms with Crippen molar-refractivity contribution in [2.75, 3.05) is 13.1 Å². The van der Waals surface area contributed by atoms with Gasteiger partial charge in [-0.15, -0.1) is 0 Å². The van der Waals surface area contributed by atoms with E-state index in [1.54, 1.807) is 0 Å². The maximum Gasteiger partial charge on any atom is 0.303 e. The molecule has 0 saturated heterocycles. The van der Waals surface area contributed by atoms with Gasteiger partial charge in [-0.25, -0.2) is 0 Å². The second-order valence-corrected chi connectivity index (χ2v) is 5.47. The van der Waals surface area contributed by atoms with E-state index in [0.717, 1.165) is 30.4 Å². The molecule has 0 amide bonds. The van der Waals surface area contributed by atoms with Crippen molar-refractivity contribution in [1.82, 2.24) is 0 Å². The molecular formula is C17H27NO4. The van der Waals surface area contributed by atoms with Crippen molar-refractivity contribution in [3.63, 3.8) is 0 Å². The van der Waals surface area contributed by atoms with Crippen molar-refractivity contribution >= 4 is 5.97 Å². The number of carboxylic acid groups (broad SMARTS) is 1. The lowest BCUT2D eigenvalue weighted by Gasteiger charge is -2.24. The summed E-state index contributed by atoms with van der Waals surface area (Å²) in [4.78, 5) is 10.4. The van der Waals surface area contributed by atoms with Gasteiger partial charge >= 0.3 is 5.97 Å². The van der Waals surface area contributed by atoms with E-state index in [1.165, 1.54) is 0 Å². The number of unbranched alkanes of at least 4 members (excludes halogenated alkanes) is 2. The van der Waals surface area contributed by atoms with E-state index < -0.39 is 24.6 Å². The number of carbonyl (C=O) groups is 1. The Hall–Kier alpha value is -1.43. The van der Waals surface area contributed by atoms with E-state index in [2.05, 4.69) is 0 Å². The number of carboxylic acids is 1. The van der Waals surface area contributed by atoms with Crippen LogP contribution in [0, 0.1) is 0 Å². The van der Waals surface area contributed by atoms with Crippen LogP contribution in [0.2, 0.25) is 0 Å². The summed E-state index contributed by atoms with van der Waals surface area (Å²) in [6.45, 7) is -6.16. The standard InChI is InChI=1S/C17H27NO4/c18-17(12-19,13-20)11-10-15-8-6-14(7-9-15)4-2-1-3-5-16(21)22/h6-9,19-20H,1-5,10-13,18H2,(H,21,22)/i12D2,13D2. The van der Waals surface area contributed by atoms with Crippen molar-refractivity contribution in [3.05, 3.63) is 35.4 Å². The average molecular weight is 313 g/mol. The second-order valence-electron chi connectivity index (χ2n) is 5.47. The number of aryl methyl sites for hydroxylation is 2. The van der Waals surface area contributed by atoms with E-state index in [0.29, 0.717) is 6.42 Å². The fourth-order valence-corrected chi connectivity index (χ4v) is 2.13. The van der Waals surface area contributed by atoms with Gasteiger partial charge in [-0.3, -0.25) is 4.79 Å². The summed E-state index contributed by atoms with van der Waals surface area (Å²) >= 11 is 0. The number of aliphatic hydroxyl groups is 2. The topological polar surface area (TPSA) is 104 Å². The molecule has 0 aliphatic carbocycles. The predicted octanol–water partition coefficient (Wildman–Crippen LogP) is 1.49. The number of nitrogens with two attached hydrogens (primary N) is 1. The molecule has 1 rings (SSSR count). The van der Waals surface area contributed by atoms with Crippen LogP contribution in [0.1, 0.15) is 48.7 Å². The summed E-state index contributed by atoms with van der Waals surface area (Å²) in [5.74, 6) is -0.787. The highest BCUT2D eigenvalue weighted by molar-refractivity contribution is 5.66. The third kappa shape index (κ3) is 7.02. The zero-order valence-electron chi connectivity index (χ0n) is 16.6. The summed E-state index contributed by atoms with van der Waals surface area (Å²) in [5.41, 5.74) is 5.06. The van der Waals surface area contributed by atoms with Gasteiger partial charge in [0.05, 0.1) is 24.1 Å². The molecular weight excluding hydrogens is 282 g/mol.